The van der Waals surface area contributed by atoms with Gasteiger partial charge in [-0.3, -0.25) is 0 Å². The van der Waals surface area contributed by atoms with E-state index in [9.17, 15) is 5.11 Å². The van der Waals surface area contributed by atoms with Gasteiger partial charge in [0.15, 0.2) is 0 Å². The molecule has 0 aliphatic heterocycles. The van der Waals surface area contributed by atoms with E-state index < -0.39 is 5.60 Å². The van der Waals surface area contributed by atoms with Crippen molar-refractivity contribution < 1.29 is 5.11 Å². The van der Waals surface area contributed by atoms with Gasteiger partial charge in [-0.15, -0.1) is 6.58 Å². The van der Waals surface area contributed by atoms with Gasteiger partial charge in [0.05, 0.1) is 5.60 Å². The zero-order valence-electron chi connectivity index (χ0n) is 11.4. The van der Waals surface area contributed by atoms with E-state index in [1.165, 1.54) is 0 Å². The van der Waals surface area contributed by atoms with Crippen LogP contribution in [-0.2, 0) is 0 Å². The molecule has 0 rings (SSSR count). The summed E-state index contributed by atoms with van der Waals surface area (Å²) >= 11 is 0. The van der Waals surface area contributed by atoms with E-state index in [-0.39, 0.29) is 10.8 Å². The first-order chi connectivity index (χ1) is 6.58. The highest BCUT2D eigenvalue weighted by molar-refractivity contribution is 5.02. The van der Waals surface area contributed by atoms with Crippen molar-refractivity contribution in [3.63, 3.8) is 0 Å². The van der Waals surface area contributed by atoms with E-state index in [2.05, 4.69) is 41.2 Å². The lowest BCUT2D eigenvalue weighted by Crippen LogP contribution is -2.43. The molecule has 0 amide bonds. The van der Waals surface area contributed by atoms with E-state index in [1.807, 2.05) is 13.0 Å². The van der Waals surface area contributed by atoms with Crippen LogP contribution >= 0.6 is 0 Å². The molecule has 1 N–H and O–H groups in total. The molecule has 0 aliphatic rings. The van der Waals surface area contributed by atoms with Crippen LogP contribution in [0.15, 0.2) is 12.7 Å². The van der Waals surface area contributed by atoms with Gasteiger partial charge in [0.1, 0.15) is 0 Å². The van der Waals surface area contributed by atoms with E-state index in [1.54, 1.807) is 0 Å². The summed E-state index contributed by atoms with van der Waals surface area (Å²) in [6.07, 6.45) is 4.53. The van der Waals surface area contributed by atoms with Crippen molar-refractivity contribution in [2.24, 2.45) is 10.8 Å². The fraction of sp³-hybridized carbons (Fsp3) is 0.857. The van der Waals surface area contributed by atoms with Gasteiger partial charge >= 0.3 is 0 Å². The summed E-state index contributed by atoms with van der Waals surface area (Å²) in [5.74, 6) is 0. The number of hydrogen-bond acceptors (Lipinski definition) is 1. The Balaban J connectivity index is 4.66. The SMILES string of the molecule is C=CC(C)(C)C(O)(CC)CCC(C)(C)C. The van der Waals surface area contributed by atoms with Gasteiger partial charge in [0, 0.05) is 5.41 Å². The Morgan fingerprint density at radius 2 is 1.53 bits per heavy atom. The molecule has 0 fully saturated rings. The Bertz CT molecular complexity index is 210. The first kappa shape index (κ1) is 14.7. The van der Waals surface area contributed by atoms with Crippen molar-refractivity contribution in [2.75, 3.05) is 0 Å². The third-order valence-corrected chi connectivity index (χ3v) is 3.58. The fourth-order valence-electron chi connectivity index (χ4n) is 1.73. The van der Waals surface area contributed by atoms with Gasteiger partial charge < -0.3 is 5.11 Å². The van der Waals surface area contributed by atoms with Crippen molar-refractivity contribution in [1.82, 2.24) is 0 Å². The predicted octanol–water partition coefficient (Wildman–Crippen LogP) is 4.17. The summed E-state index contributed by atoms with van der Waals surface area (Å²) < 4.78 is 0. The molecule has 0 saturated carbocycles. The Morgan fingerprint density at radius 1 is 1.07 bits per heavy atom. The highest BCUT2D eigenvalue weighted by Gasteiger charge is 2.39. The molecule has 0 saturated heterocycles. The molecule has 0 bridgehead atoms. The van der Waals surface area contributed by atoms with Crippen LogP contribution in [0.25, 0.3) is 0 Å². The van der Waals surface area contributed by atoms with Crippen molar-refractivity contribution in [3.8, 4) is 0 Å². The number of aliphatic hydroxyl groups is 1. The Morgan fingerprint density at radius 3 is 1.80 bits per heavy atom. The first-order valence-corrected chi connectivity index (χ1v) is 5.94. The second-order valence-electron chi connectivity index (χ2n) is 6.37. The molecular weight excluding hydrogens is 184 g/mol. The highest BCUT2D eigenvalue weighted by Crippen LogP contribution is 2.40. The van der Waals surface area contributed by atoms with Crippen molar-refractivity contribution in [3.05, 3.63) is 12.7 Å². The maximum Gasteiger partial charge on any atom is 0.0730 e. The molecule has 0 radical (unpaired) electrons. The molecule has 0 aromatic carbocycles. The molecular formula is C14H28O. The summed E-state index contributed by atoms with van der Waals surface area (Å²) in [5.41, 5.74) is -0.560. The van der Waals surface area contributed by atoms with E-state index in [0.29, 0.717) is 0 Å². The molecule has 1 nitrogen and oxygen atoms in total. The minimum absolute atomic E-state index is 0.215. The second-order valence-corrected chi connectivity index (χ2v) is 6.37. The average molecular weight is 212 g/mol. The lowest BCUT2D eigenvalue weighted by atomic mass is 9.69. The standard InChI is InChI=1S/C14H28O/c1-8-13(6,7)14(15,9-2)11-10-12(3,4)5/h8,15H,1,9-11H2,2-7H3. The fourth-order valence-corrected chi connectivity index (χ4v) is 1.73. The molecule has 90 valence electrons. The quantitative estimate of drug-likeness (QED) is 0.678. The van der Waals surface area contributed by atoms with E-state index in [4.69, 9.17) is 0 Å². The minimum Gasteiger partial charge on any atom is -0.389 e. The van der Waals surface area contributed by atoms with Crippen LogP contribution < -0.4 is 0 Å². The molecule has 0 aromatic heterocycles. The zero-order valence-corrected chi connectivity index (χ0v) is 11.4. The molecule has 0 aromatic rings. The highest BCUT2D eigenvalue weighted by atomic mass is 16.3. The summed E-state index contributed by atoms with van der Waals surface area (Å²) in [4.78, 5) is 0. The van der Waals surface area contributed by atoms with Crippen LogP contribution in [0, 0.1) is 10.8 Å². The maximum absolute atomic E-state index is 10.6. The smallest absolute Gasteiger partial charge is 0.0730 e. The molecule has 1 unspecified atom stereocenters. The van der Waals surface area contributed by atoms with Gasteiger partial charge in [0.25, 0.3) is 0 Å². The summed E-state index contributed by atoms with van der Waals surface area (Å²) in [5, 5.41) is 10.6. The minimum atomic E-state index is -0.623. The largest absolute Gasteiger partial charge is 0.389 e. The third kappa shape index (κ3) is 3.98. The van der Waals surface area contributed by atoms with Crippen LogP contribution in [0.2, 0.25) is 0 Å². The van der Waals surface area contributed by atoms with E-state index in [0.717, 1.165) is 19.3 Å². The van der Waals surface area contributed by atoms with Gasteiger partial charge in [-0.05, 0) is 24.7 Å². The Hall–Kier alpha value is -0.300. The average Bonchev–Trinajstić information content (AvgIpc) is 2.12. The topological polar surface area (TPSA) is 20.2 Å². The van der Waals surface area contributed by atoms with Crippen LogP contribution in [-0.4, -0.2) is 10.7 Å². The van der Waals surface area contributed by atoms with Crippen molar-refractivity contribution in [2.45, 2.75) is 66.4 Å². The zero-order chi connectivity index (χ0) is 12.3. The predicted molar refractivity (Wildman–Crippen MR) is 67.9 cm³/mol. The molecule has 0 spiro atoms. The lowest BCUT2D eigenvalue weighted by Gasteiger charge is -2.41. The van der Waals surface area contributed by atoms with Crippen LogP contribution in [0.1, 0.15) is 60.8 Å². The summed E-state index contributed by atoms with van der Waals surface area (Å²) in [7, 11) is 0. The molecule has 1 atom stereocenters. The third-order valence-electron chi connectivity index (χ3n) is 3.58. The van der Waals surface area contributed by atoms with Crippen LogP contribution in [0.3, 0.4) is 0 Å². The van der Waals surface area contributed by atoms with Gasteiger partial charge in [0.2, 0.25) is 0 Å². The van der Waals surface area contributed by atoms with Gasteiger partial charge in [-0.2, -0.15) is 0 Å². The normalized spacial score (nSPS) is 17.3. The maximum atomic E-state index is 10.6. The first-order valence-electron chi connectivity index (χ1n) is 5.94. The van der Waals surface area contributed by atoms with Crippen LogP contribution in [0.4, 0.5) is 0 Å². The monoisotopic (exact) mass is 212 g/mol. The molecule has 1 heteroatoms. The molecule has 0 aliphatic carbocycles. The lowest BCUT2D eigenvalue weighted by molar-refractivity contribution is -0.0594. The number of rotatable bonds is 5. The number of hydrogen-bond donors (Lipinski definition) is 1. The second kappa shape index (κ2) is 4.69. The molecule has 15 heavy (non-hydrogen) atoms. The summed E-state index contributed by atoms with van der Waals surface area (Å²) in [6.45, 7) is 16.6. The van der Waals surface area contributed by atoms with Crippen molar-refractivity contribution in [1.29, 1.82) is 0 Å². The van der Waals surface area contributed by atoms with Crippen molar-refractivity contribution >= 4 is 0 Å². The summed E-state index contributed by atoms with van der Waals surface area (Å²) in [6, 6.07) is 0. The van der Waals surface area contributed by atoms with Gasteiger partial charge in [-0.1, -0.05) is 47.6 Å². The van der Waals surface area contributed by atoms with Gasteiger partial charge in [-0.25, -0.2) is 0 Å². The van der Waals surface area contributed by atoms with E-state index >= 15 is 0 Å². The Labute approximate surface area is 95.6 Å². The van der Waals surface area contributed by atoms with Crippen LogP contribution in [0.5, 0.6) is 0 Å². The molecule has 0 heterocycles. The Kier molecular flexibility index (Phi) is 4.60.